The Labute approximate surface area is 274 Å². The number of aromatic hydroxyl groups is 2. The molecule has 0 spiro atoms. The van der Waals surface area contributed by atoms with E-state index >= 15 is 0 Å². The second-order valence-electron chi connectivity index (χ2n) is 10.1. The standard InChI is InChI=1S/C30H23N7O9S2/c1-16-25(30(40)37(36(16)2)18-8-4-3-5-9-18)33-34-26-22(47-46-45-41)14-17-15-23(48(42,43)44)27(29(39)24(17)28(26)38)35-32-21-12-6-11-20-19(21)10-7-13-31-20/h3-15,38-39,41H,1-2H3,(H,42,43,44). The van der Waals surface area contributed by atoms with E-state index in [-0.39, 0.29) is 32.7 Å². The van der Waals surface area contributed by atoms with Crippen LogP contribution in [0, 0.1) is 6.92 Å². The molecule has 0 aliphatic rings. The van der Waals surface area contributed by atoms with Crippen molar-refractivity contribution < 1.29 is 37.8 Å². The molecule has 18 heteroatoms. The highest BCUT2D eigenvalue weighted by Gasteiger charge is 2.27. The third-order valence-electron chi connectivity index (χ3n) is 7.34. The van der Waals surface area contributed by atoms with E-state index < -0.39 is 37.8 Å². The topological polar surface area (TPSA) is 223 Å². The maximum atomic E-state index is 13.4. The van der Waals surface area contributed by atoms with E-state index in [1.54, 1.807) is 85.5 Å². The van der Waals surface area contributed by atoms with Crippen LogP contribution < -0.4 is 5.56 Å². The normalized spacial score (nSPS) is 12.2. The van der Waals surface area contributed by atoms with Gasteiger partial charge in [0.2, 0.25) is 0 Å². The van der Waals surface area contributed by atoms with Gasteiger partial charge in [0, 0.05) is 18.6 Å². The first-order valence-electron chi connectivity index (χ1n) is 13.7. The summed E-state index contributed by atoms with van der Waals surface area (Å²) in [5, 5.41) is 51.6. The number of benzene rings is 4. The lowest BCUT2D eigenvalue weighted by Crippen LogP contribution is -2.19. The van der Waals surface area contributed by atoms with Gasteiger partial charge in [-0.1, -0.05) is 29.3 Å². The molecule has 0 fully saturated rings. The molecule has 0 aliphatic heterocycles. The number of phenolic OH excluding ortho intramolecular Hbond substituents is 2. The molecular formula is C30H23N7O9S2. The molecule has 0 atom stereocenters. The largest absolute Gasteiger partial charge is 0.505 e. The number of phenols is 2. The van der Waals surface area contributed by atoms with E-state index in [0.717, 1.165) is 6.07 Å². The zero-order valence-electron chi connectivity index (χ0n) is 24.8. The van der Waals surface area contributed by atoms with Crippen LogP contribution in [-0.4, -0.2) is 42.8 Å². The summed E-state index contributed by atoms with van der Waals surface area (Å²) in [5.41, 5.74) is 0.163. The summed E-state index contributed by atoms with van der Waals surface area (Å²) >= 11 is 0.341. The minimum absolute atomic E-state index is 0.0823. The average Bonchev–Trinajstić information content (AvgIpc) is 3.28. The van der Waals surface area contributed by atoms with Gasteiger partial charge in [-0.15, -0.1) is 24.8 Å². The number of pyridine rings is 1. The second-order valence-corrected chi connectivity index (χ2v) is 12.2. The first-order chi connectivity index (χ1) is 23.0. The summed E-state index contributed by atoms with van der Waals surface area (Å²) in [4.78, 5) is 16.7. The van der Waals surface area contributed by atoms with E-state index in [0.29, 0.717) is 34.3 Å². The fourth-order valence-corrected chi connectivity index (χ4v) is 6.17. The van der Waals surface area contributed by atoms with Gasteiger partial charge in [0.25, 0.3) is 15.7 Å². The van der Waals surface area contributed by atoms with E-state index in [1.807, 2.05) is 0 Å². The quantitative estimate of drug-likeness (QED) is 0.0394. The summed E-state index contributed by atoms with van der Waals surface area (Å²) in [6.07, 6.45) is 1.58. The highest BCUT2D eigenvalue weighted by Crippen LogP contribution is 2.51. The molecule has 0 saturated heterocycles. The maximum Gasteiger partial charge on any atom is 0.299 e. The van der Waals surface area contributed by atoms with Crippen molar-refractivity contribution in [1.29, 1.82) is 0 Å². The van der Waals surface area contributed by atoms with E-state index in [2.05, 4.69) is 34.8 Å². The predicted octanol–water partition coefficient (Wildman–Crippen LogP) is 7.10. The van der Waals surface area contributed by atoms with Gasteiger partial charge in [0.15, 0.2) is 17.2 Å². The molecule has 0 amide bonds. The van der Waals surface area contributed by atoms with Crippen LogP contribution in [0.3, 0.4) is 0 Å². The number of aromatic nitrogens is 3. The van der Waals surface area contributed by atoms with Crippen molar-refractivity contribution in [3.05, 3.63) is 95.0 Å². The number of para-hydroxylation sites is 1. The lowest BCUT2D eigenvalue weighted by Gasteiger charge is -2.13. The maximum absolute atomic E-state index is 13.4. The van der Waals surface area contributed by atoms with Crippen molar-refractivity contribution in [3.63, 3.8) is 0 Å². The van der Waals surface area contributed by atoms with Crippen LogP contribution in [0.25, 0.3) is 27.4 Å². The Balaban J connectivity index is 1.55. The van der Waals surface area contributed by atoms with Gasteiger partial charge in [-0.05, 0) is 60.8 Å². The molecule has 48 heavy (non-hydrogen) atoms. The van der Waals surface area contributed by atoms with Crippen molar-refractivity contribution in [3.8, 4) is 17.2 Å². The van der Waals surface area contributed by atoms with Crippen molar-refractivity contribution in [2.24, 2.45) is 27.5 Å². The average molecular weight is 690 g/mol. The zero-order chi connectivity index (χ0) is 34.2. The SMILES string of the molecule is Cc1c(N=Nc2c(SOOO)cc3cc(S(=O)(=O)O)c(N=Nc4cccc5ncccc45)c(O)c3c2O)c(=O)n(-c2ccccc2)n1C. The summed E-state index contributed by atoms with van der Waals surface area (Å²) in [6.45, 7) is 1.64. The summed E-state index contributed by atoms with van der Waals surface area (Å²) in [6, 6.07) is 19.3. The Hall–Kier alpha value is -5.50. The van der Waals surface area contributed by atoms with Crippen LogP contribution in [-0.2, 0) is 26.5 Å². The van der Waals surface area contributed by atoms with Crippen molar-refractivity contribution in [2.75, 3.05) is 0 Å². The number of rotatable bonds is 9. The van der Waals surface area contributed by atoms with Gasteiger partial charge < -0.3 is 10.2 Å². The highest BCUT2D eigenvalue weighted by molar-refractivity contribution is 7.94. The van der Waals surface area contributed by atoms with Crippen LogP contribution >= 0.6 is 12.0 Å². The minimum atomic E-state index is -5.02. The highest BCUT2D eigenvalue weighted by atomic mass is 32.2. The van der Waals surface area contributed by atoms with E-state index in [4.69, 9.17) is 5.26 Å². The van der Waals surface area contributed by atoms with Gasteiger partial charge >= 0.3 is 0 Å². The number of azo groups is 2. The number of hydrogen-bond acceptors (Lipinski definition) is 14. The Morgan fingerprint density at radius 3 is 2.31 bits per heavy atom. The van der Waals surface area contributed by atoms with Crippen LogP contribution in [0.15, 0.2) is 114 Å². The second kappa shape index (κ2) is 13.0. The molecule has 0 unspecified atom stereocenters. The molecule has 16 nitrogen and oxygen atoms in total. The Morgan fingerprint density at radius 1 is 0.875 bits per heavy atom. The molecule has 4 aromatic carbocycles. The molecule has 0 saturated carbocycles. The van der Waals surface area contributed by atoms with Crippen LogP contribution in [0.2, 0.25) is 0 Å². The van der Waals surface area contributed by atoms with Crippen LogP contribution in [0.5, 0.6) is 11.5 Å². The smallest absolute Gasteiger partial charge is 0.299 e. The Morgan fingerprint density at radius 2 is 1.58 bits per heavy atom. The van der Waals surface area contributed by atoms with Crippen molar-refractivity contribution in [1.82, 2.24) is 14.3 Å². The monoisotopic (exact) mass is 689 g/mol. The minimum Gasteiger partial charge on any atom is -0.505 e. The van der Waals surface area contributed by atoms with E-state index in [1.165, 1.54) is 10.7 Å². The molecule has 6 aromatic rings. The van der Waals surface area contributed by atoms with Crippen molar-refractivity contribution in [2.45, 2.75) is 16.7 Å². The summed E-state index contributed by atoms with van der Waals surface area (Å²) in [5.74, 6) is -1.63. The first-order valence-corrected chi connectivity index (χ1v) is 15.9. The molecule has 0 aliphatic carbocycles. The number of hydrogen-bond donors (Lipinski definition) is 4. The molecule has 2 aromatic heterocycles. The first kappa shape index (κ1) is 32.4. The fourth-order valence-electron chi connectivity index (χ4n) is 5.01. The molecular weight excluding hydrogens is 667 g/mol. The van der Waals surface area contributed by atoms with Crippen LogP contribution in [0.1, 0.15) is 5.69 Å². The lowest BCUT2D eigenvalue weighted by molar-refractivity contribution is -0.432. The Kier molecular flexibility index (Phi) is 8.75. The van der Waals surface area contributed by atoms with Gasteiger partial charge in [-0.25, -0.2) is 9.94 Å². The molecule has 4 N–H and O–H groups in total. The van der Waals surface area contributed by atoms with Gasteiger partial charge in [-0.3, -0.25) is 19.0 Å². The van der Waals surface area contributed by atoms with Crippen molar-refractivity contribution >= 4 is 66.6 Å². The third kappa shape index (κ3) is 5.90. The molecule has 0 bridgehead atoms. The lowest BCUT2D eigenvalue weighted by atomic mass is 10.1. The molecule has 6 rings (SSSR count). The van der Waals surface area contributed by atoms with Gasteiger partial charge in [0.1, 0.15) is 16.3 Å². The predicted molar refractivity (Wildman–Crippen MR) is 174 cm³/mol. The summed E-state index contributed by atoms with van der Waals surface area (Å²) < 4.78 is 42.5. The summed E-state index contributed by atoms with van der Waals surface area (Å²) in [7, 11) is -3.37. The Bertz CT molecular complexity index is 2440. The third-order valence-corrected chi connectivity index (χ3v) is 8.82. The molecule has 244 valence electrons. The number of nitrogens with zero attached hydrogens (tertiary/aromatic N) is 7. The van der Waals surface area contributed by atoms with Gasteiger partial charge in [-0.2, -0.15) is 8.42 Å². The van der Waals surface area contributed by atoms with Crippen LogP contribution in [0.4, 0.5) is 22.7 Å². The van der Waals surface area contributed by atoms with E-state index in [9.17, 15) is 28.0 Å². The number of fused-ring (bicyclic) bond motifs is 2. The molecule has 0 radical (unpaired) electrons. The van der Waals surface area contributed by atoms with Gasteiger partial charge in [0.05, 0.1) is 44.9 Å². The molecule has 2 heterocycles. The zero-order valence-corrected chi connectivity index (χ0v) is 26.4. The fraction of sp³-hybridized carbons (Fsp3) is 0.0667.